The normalized spacial score (nSPS) is 11.6. The second kappa shape index (κ2) is 8.68. The van der Waals surface area contributed by atoms with Gasteiger partial charge in [0.25, 0.3) is 0 Å². The number of halogens is 1. The zero-order valence-electron chi connectivity index (χ0n) is 9.69. The van der Waals surface area contributed by atoms with Gasteiger partial charge < -0.3 is 5.73 Å². The third kappa shape index (κ3) is 5.06. The molecular weight excluding hydrogens is 238 g/mol. The molecule has 0 aliphatic heterocycles. The van der Waals surface area contributed by atoms with Gasteiger partial charge in [0.15, 0.2) is 0 Å². The molecule has 0 bridgehead atoms. The average molecular weight is 258 g/mol. The van der Waals surface area contributed by atoms with Crippen LogP contribution in [0.25, 0.3) is 0 Å². The van der Waals surface area contributed by atoms with Crippen molar-refractivity contribution >= 4 is 24.2 Å². The fourth-order valence-corrected chi connectivity index (χ4v) is 2.10. The maximum Gasteiger partial charge on any atom is 0.0297 e. The van der Waals surface area contributed by atoms with Crippen molar-refractivity contribution < 1.29 is 0 Å². The van der Waals surface area contributed by atoms with Crippen molar-refractivity contribution in [2.24, 2.45) is 5.73 Å². The maximum atomic E-state index is 6.05. The Kier molecular flexibility index (Phi) is 8.44. The second-order valence-electron chi connectivity index (χ2n) is 3.47. The summed E-state index contributed by atoms with van der Waals surface area (Å²) in [5.74, 6) is 1.11. The predicted molar refractivity (Wildman–Crippen MR) is 76.4 cm³/mol. The highest BCUT2D eigenvalue weighted by molar-refractivity contribution is 7.99. The molecule has 1 nitrogen and oxygen atoms in total. The van der Waals surface area contributed by atoms with Gasteiger partial charge in [-0.25, -0.2) is 0 Å². The largest absolute Gasteiger partial charge is 0.324 e. The highest BCUT2D eigenvalue weighted by Crippen LogP contribution is 2.21. The van der Waals surface area contributed by atoms with Gasteiger partial charge >= 0.3 is 0 Å². The number of rotatable bonds is 6. The first-order valence-corrected chi connectivity index (χ1v) is 6.35. The SMILES string of the molecule is C=CCC[C@H](N)c1ccc(SCC)cc1.Cl. The molecule has 0 aliphatic rings. The van der Waals surface area contributed by atoms with E-state index in [1.807, 2.05) is 17.8 Å². The topological polar surface area (TPSA) is 26.0 Å². The minimum atomic E-state index is 0. The van der Waals surface area contributed by atoms with E-state index in [4.69, 9.17) is 5.73 Å². The lowest BCUT2D eigenvalue weighted by atomic mass is 10.0. The summed E-state index contributed by atoms with van der Waals surface area (Å²) in [5, 5.41) is 0. The molecule has 90 valence electrons. The lowest BCUT2D eigenvalue weighted by Crippen LogP contribution is -2.09. The van der Waals surface area contributed by atoms with Crippen LogP contribution in [-0.4, -0.2) is 5.75 Å². The van der Waals surface area contributed by atoms with E-state index in [2.05, 4.69) is 37.8 Å². The number of hydrogen-bond acceptors (Lipinski definition) is 2. The summed E-state index contributed by atoms with van der Waals surface area (Å²) in [6.07, 6.45) is 3.87. The van der Waals surface area contributed by atoms with Crippen LogP contribution in [0, 0.1) is 0 Å². The summed E-state index contributed by atoms with van der Waals surface area (Å²) in [4.78, 5) is 1.32. The third-order valence-corrected chi connectivity index (χ3v) is 3.20. The predicted octanol–water partition coefficient (Wildman–Crippen LogP) is 4.19. The molecule has 1 aromatic carbocycles. The summed E-state index contributed by atoms with van der Waals surface area (Å²) >= 11 is 1.86. The Morgan fingerprint density at radius 3 is 2.50 bits per heavy atom. The molecule has 16 heavy (non-hydrogen) atoms. The first-order valence-electron chi connectivity index (χ1n) is 5.37. The molecule has 0 saturated heterocycles. The van der Waals surface area contributed by atoms with E-state index in [0.29, 0.717) is 0 Å². The number of allylic oxidation sites excluding steroid dienone is 1. The van der Waals surface area contributed by atoms with Crippen molar-refractivity contribution in [3.8, 4) is 0 Å². The maximum absolute atomic E-state index is 6.05. The number of thioether (sulfide) groups is 1. The third-order valence-electron chi connectivity index (χ3n) is 2.30. The molecule has 0 aromatic heterocycles. The smallest absolute Gasteiger partial charge is 0.0297 e. The number of nitrogens with two attached hydrogens (primary N) is 1. The first kappa shape index (κ1) is 15.6. The quantitative estimate of drug-likeness (QED) is 0.611. The number of hydrogen-bond donors (Lipinski definition) is 1. The summed E-state index contributed by atoms with van der Waals surface area (Å²) in [5.41, 5.74) is 7.27. The van der Waals surface area contributed by atoms with E-state index in [-0.39, 0.29) is 18.4 Å². The van der Waals surface area contributed by atoms with Crippen LogP contribution in [-0.2, 0) is 0 Å². The Balaban J connectivity index is 0.00000225. The van der Waals surface area contributed by atoms with Crippen molar-refractivity contribution in [3.63, 3.8) is 0 Å². The summed E-state index contributed by atoms with van der Waals surface area (Å²) in [7, 11) is 0. The minimum absolute atomic E-state index is 0. The van der Waals surface area contributed by atoms with Crippen LogP contribution in [0.4, 0.5) is 0 Å². The average Bonchev–Trinajstić information content (AvgIpc) is 2.27. The van der Waals surface area contributed by atoms with Crippen LogP contribution in [0.3, 0.4) is 0 Å². The van der Waals surface area contributed by atoms with Gasteiger partial charge in [-0.2, -0.15) is 0 Å². The molecule has 1 rings (SSSR count). The van der Waals surface area contributed by atoms with Crippen LogP contribution in [0.2, 0.25) is 0 Å². The highest BCUT2D eigenvalue weighted by Gasteiger charge is 2.04. The zero-order chi connectivity index (χ0) is 11.1. The molecule has 1 aromatic rings. The monoisotopic (exact) mass is 257 g/mol. The van der Waals surface area contributed by atoms with Crippen molar-refractivity contribution in [2.45, 2.75) is 30.7 Å². The molecule has 0 spiro atoms. The van der Waals surface area contributed by atoms with Gasteiger partial charge in [0, 0.05) is 10.9 Å². The first-order chi connectivity index (χ1) is 7.27. The van der Waals surface area contributed by atoms with Crippen LogP contribution in [0.15, 0.2) is 41.8 Å². The van der Waals surface area contributed by atoms with Crippen LogP contribution < -0.4 is 5.73 Å². The molecule has 0 fully saturated rings. The summed E-state index contributed by atoms with van der Waals surface area (Å²) in [6, 6.07) is 8.70. The fraction of sp³-hybridized carbons (Fsp3) is 0.385. The Hall–Kier alpha value is -0.440. The Labute approximate surface area is 109 Å². The standard InChI is InChI=1S/C13H19NS.ClH/c1-3-5-6-13(14)11-7-9-12(10-8-11)15-4-2;/h3,7-10,13H,1,4-6,14H2,2H3;1H/t13-;/m0./s1. The van der Waals surface area contributed by atoms with E-state index < -0.39 is 0 Å². The molecule has 0 amide bonds. The highest BCUT2D eigenvalue weighted by atomic mass is 35.5. The molecule has 0 heterocycles. The van der Waals surface area contributed by atoms with Gasteiger partial charge in [-0.1, -0.05) is 25.1 Å². The van der Waals surface area contributed by atoms with E-state index in [1.165, 1.54) is 10.5 Å². The Morgan fingerprint density at radius 2 is 2.00 bits per heavy atom. The summed E-state index contributed by atoms with van der Waals surface area (Å²) in [6.45, 7) is 5.87. The number of benzene rings is 1. The lowest BCUT2D eigenvalue weighted by Gasteiger charge is -2.11. The fourth-order valence-electron chi connectivity index (χ4n) is 1.44. The molecule has 0 unspecified atom stereocenters. The molecule has 2 N–H and O–H groups in total. The molecular formula is C13H20ClNS. The van der Waals surface area contributed by atoms with Gasteiger partial charge in [0.05, 0.1) is 0 Å². The van der Waals surface area contributed by atoms with Gasteiger partial charge in [-0.15, -0.1) is 30.7 Å². The molecule has 3 heteroatoms. The second-order valence-corrected chi connectivity index (χ2v) is 4.81. The van der Waals surface area contributed by atoms with Gasteiger partial charge in [0.1, 0.15) is 0 Å². The molecule has 1 atom stereocenters. The minimum Gasteiger partial charge on any atom is -0.324 e. The van der Waals surface area contributed by atoms with E-state index >= 15 is 0 Å². The van der Waals surface area contributed by atoms with E-state index in [9.17, 15) is 0 Å². The molecule has 0 radical (unpaired) electrons. The van der Waals surface area contributed by atoms with Gasteiger partial charge in [0.2, 0.25) is 0 Å². The van der Waals surface area contributed by atoms with Gasteiger partial charge in [-0.3, -0.25) is 0 Å². The zero-order valence-corrected chi connectivity index (χ0v) is 11.3. The van der Waals surface area contributed by atoms with Gasteiger partial charge in [-0.05, 0) is 36.3 Å². The van der Waals surface area contributed by atoms with Crippen molar-refractivity contribution in [1.82, 2.24) is 0 Å². The van der Waals surface area contributed by atoms with Crippen LogP contribution in [0.1, 0.15) is 31.4 Å². The van der Waals surface area contributed by atoms with Crippen LogP contribution >= 0.6 is 24.2 Å². The van der Waals surface area contributed by atoms with E-state index in [1.54, 1.807) is 0 Å². The molecule has 0 saturated carbocycles. The van der Waals surface area contributed by atoms with Crippen molar-refractivity contribution in [1.29, 1.82) is 0 Å². The lowest BCUT2D eigenvalue weighted by molar-refractivity contribution is 0.661. The summed E-state index contributed by atoms with van der Waals surface area (Å²) < 4.78 is 0. The molecule has 0 aliphatic carbocycles. The van der Waals surface area contributed by atoms with Crippen molar-refractivity contribution in [2.75, 3.05) is 5.75 Å². The Bertz CT molecular complexity index is 297. The van der Waals surface area contributed by atoms with Crippen LogP contribution in [0.5, 0.6) is 0 Å². The Morgan fingerprint density at radius 1 is 1.38 bits per heavy atom. The van der Waals surface area contributed by atoms with E-state index in [0.717, 1.165) is 18.6 Å². The van der Waals surface area contributed by atoms with Crippen molar-refractivity contribution in [3.05, 3.63) is 42.5 Å².